The molecule has 1 rings (SSSR count). The molecule has 0 aliphatic rings. The Hall–Kier alpha value is -1.13. The molecule has 0 aliphatic carbocycles. The number of hydrogen-bond acceptors (Lipinski definition) is 3. The second kappa shape index (κ2) is 3.94. The van der Waals surface area contributed by atoms with Crippen molar-refractivity contribution in [2.75, 3.05) is 13.7 Å². The van der Waals surface area contributed by atoms with E-state index in [9.17, 15) is 9.50 Å². The molecule has 78 valence electrons. The van der Waals surface area contributed by atoms with Crippen molar-refractivity contribution >= 4 is 0 Å². The van der Waals surface area contributed by atoms with Crippen LogP contribution >= 0.6 is 0 Å². The van der Waals surface area contributed by atoms with Crippen molar-refractivity contribution in [3.05, 3.63) is 29.6 Å². The highest BCUT2D eigenvalue weighted by molar-refractivity contribution is 5.32. The van der Waals surface area contributed by atoms with Gasteiger partial charge in [0, 0.05) is 0 Å². The molecule has 0 amide bonds. The maximum atomic E-state index is 13.2. The summed E-state index contributed by atoms with van der Waals surface area (Å²) in [4.78, 5) is 0. The predicted molar refractivity (Wildman–Crippen MR) is 49.6 cm³/mol. The summed E-state index contributed by atoms with van der Waals surface area (Å²) in [5.41, 5.74) is -1.11. The van der Waals surface area contributed by atoms with Crippen LogP contribution in [0.4, 0.5) is 4.39 Å². The number of aliphatic hydroxyl groups is 2. The highest BCUT2D eigenvalue weighted by Crippen LogP contribution is 2.25. The molecule has 0 saturated carbocycles. The van der Waals surface area contributed by atoms with Gasteiger partial charge in [0.15, 0.2) is 11.6 Å². The number of rotatable bonds is 3. The average Bonchev–Trinajstić information content (AvgIpc) is 2.17. The maximum absolute atomic E-state index is 13.2. The summed E-state index contributed by atoms with van der Waals surface area (Å²) in [6.45, 7) is 0.951. The van der Waals surface area contributed by atoms with Crippen LogP contribution in [0.3, 0.4) is 0 Å². The number of ether oxygens (including phenoxy) is 1. The van der Waals surface area contributed by atoms with Crippen molar-refractivity contribution < 1.29 is 19.3 Å². The highest BCUT2D eigenvalue weighted by Gasteiger charge is 2.22. The number of benzene rings is 1. The fourth-order valence-corrected chi connectivity index (χ4v) is 1.09. The van der Waals surface area contributed by atoms with Gasteiger partial charge in [-0.05, 0) is 24.6 Å². The quantitative estimate of drug-likeness (QED) is 0.766. The van der Waals surface area contributed by atoms with Crippen molar-refractivity contribution in [1.29, 1.82) is 0 Å². The lowest BCUT2D eigenvalue weighted by Crippen LogP contribution is -2.25. The van der Waals surface area contributed by atoms with Gasteiger partial charge in [0.1, 0.15) is 5.60 Å². The summed E-state index contributed by atoms with van der Waals surface area (Å²) in [7, 11) is 1.36. The zero-order valence-corrected chi connectivity index (χ0v) is 8.12. The Balaban J connectivity index is 3.08. The molecule has 14 heavy (non-hydrogen) atoms. The fourth-order valence-electron chi connectivity index (χ4n) is 1.09. The van der Waals surface area contributed by atoms with E-state index in [4.69, 9.17) is 9.84 Å². The molecular weight excluding hydrogens is 187 g/mol. The summed E-state index contributed by atoms with van der Waals surface area (Å²) >= 11 is 0. The van der Waals surface area contributed by atoms with Gasteiger partial charge >= 0.3 is 0 Å². The molecule has 1 aromatic carbocycles. The Bertz CT molecular complexity index is 323. The lowest BCUT2D eigenvalue weighted by atomic mass is 9.97. The Labute approximate surface area is 81.8 Å². The van der Waals surface area contributed by atoms with Crippen LogP contribution < -0.4 is 4.74 Å². The van der Waals surface area contributed by atoms with E-state index >= 15 is 0 Å². The van der Waals surface area contributed by atoms with Crippen molar-refractivity contribution in [2.45, 2.75) is 12.5 Å². The molecule has 1 aromatic rings. The minimum absolute atomic E-state index is 0.113. The average molecular weight is 200 g/mol. The summed E-state index contributed by atoms with van der Waals surface area (Å²) in [5, 5.41) is 18.5. The van der Waals surface area contributed by atoms with Gasteiger partial charge in [0.25, 0.3) is 0 Å². The van der Waals surface area contributed by atoms with Crippen LogP contribution in [0.2, 0.25) is 0 Å². The van der Waals surface area contributed by atoms with Gasteiger partial charge in [-0.2, -0.15) is 0 Å². The molecule has 0 heterocycles. The normalized spacial score (nSPS) is 14.9. The molecule has 0 saturated heterocycles. The monoisotopic (exact) mass is 200 g/mol. The highest BCUT2D eigenvalue weighted by atomic mass is 19.1. The topological polar surface area (TPSA) is 49.7 Å². The van der Waals surface area contributed by atoms with E-state index in [1.54, 1.807) is 0 Å². The van der Waals surface area contributed by atoms with Crippen LogP contribution in [0.15, 0.2) is 18.2 Å². The Morgan fingerprint density at radius 2 is 2.14 bits per heavy atom. The molecule has 0 aliphatic heterocycles. The first-order chi connectivity index (χ1) is 6.51. The van der Waals surface area contributed by atoms with Crippen LogP contribution in [0.25, 0.3) is 0 Å². The minimum atomic E-state index is -1.42. The molecule has 4 heteroatoms. The molecule has 1 unspecified atom stereocenters. The molecule has 1 atom stereocenters. The van der Waals surface area contributed by atoms with E-state index in [0.29, 0.717) is 5.56 Å². The molecule has 0 spiro atoms. The summed E-state index contributed by atoms with van der Waals surface area (Å²) < 4.78 is 17.9. The Morgan fingerprint density at radius 1 is 1.50 bits per heavy atom. The third-order valence-corrected chi connectivity index (χ3v) is 2.08. The van der Waals surface area contributed by atoms with Gasteiger partial charge in [0.05, 0.1) is 13.7 Å². The summed E-state index contributed by atoms with van der Waals surface area (Å²) in [5.74, 6) is -0.443. The second-order valence-corrected chi connectivity index (χ2v) is 3.28. The van der Waals surface area contributed by atoms with Crippen molar-refractivity contribution in [3.8, 4) is 5.75 Å². The van der Waals surface area contributed by atoms with Gasteiger partial charge < -0.3 is 14.9 Å². The maximum Gasteiger partial charge on any atom is 0.165 e. The van der Waals surface area contributed by atoms with E-state index in [0.717, 1.165) is 6.07 Å². The molecule has 0 bridgehead atoms. The van der Waals surface area contributed by atoms with Gasteiger partial charge in [-0.1, -0.05) is 6.07 Å². The molecule has 0 fully saturated rings. The van der Waals surface area contributed by atoms with Gasteiger partial charge in [-0.3, -0.25) is 0 Å². The second-order valence-electron chi connectivity index (χ2n) is 3.28. The van der Waals surface area contributed by atoms with E-state index in [1.165, 1.54) is 26.2 Å². The Morgan fingerprint density at radius 3 is 2.57 bits per heavy atom. The van der Waals surface area contributed by atoms with E-state index in [1.807, 2.05) is 0 Å². The smallest absolute Gasteiger partial charge is 0.165 e. The van der Waals surface area contributed by atoms with E-state index in [-0.39, 0.29) is 5.75 Å². The summed E-state index contributed by atoms with van der Waals surface area (Å²) in [6, 6.07) is 4.07. The van der Waals surface area contributed by atoms with Crippen LogP contribution in [-0.4, -0.2) is 23.9 Å². The summed E-state index contributed by atoms with van der Waals surface area (Å²) in [6.07, 6.45) is 0. The van der Waals surface area contributed by atoms with Gasteiger partial charge in [0.2, 0.25) is 0 Å². The van der Waals surface area contributed by atoms with E-state index in [2.05, 4.69) is 0 Å². The molecule has 2 N–H and O–H groups in total. The van der Waals surface area contributed by atoms with Crippen LogP contribution in [0.5, 0.6) is 5.75 Å². The predicted octanol–water partition coefficient (Wildman–Crippen LogP) is 1.03. The third-order valence-electron chi connectivity index (χ3n) is 2.08. The fraction of sp³-hybridized carbons (Fsp3) is 0.400. The zero-order valence-electron chi connectivity index (χ0n) is 8.12. The molecular formula is C10H13FO3. The van der Waals surface area contributed by atoms with Crippen LogP contribution in [0.1, 0.15) is 12.5 Å². The van der Waals surface area contributed by atoms with E-state index < -0.39 is 18.0 Å². The lowest BCUT2D eigenvalue weighted by molar-refractivity contribution is -0.00255. The van der Waals surface area contributed by atoms with Crippen molar-refractivity contribution in [2.24, 2.45) is 0 Å². The zero-order chi connectivity index (χ0) is 10.8. The molecule has 0 aromatic heterocycles. The van der Waals surface area contributed by atoms with Gasteiger partial charge in [-0.15, -0.1) is 0 Å². The van der Waals surface area contributed by atoms with Crippen molar-refractivity contribution in [1.82, 2.24) is 0 Å². The van der Waals surface area contributed by atoms with Crippen LogP contribution in [0, 0.1) is 5.82 Å². The van der Waals surface area contributed by atoms with Gasteiger partial charge in [-0.25, -0.2) is 4.39 Å². The van der Waals surface area contributed by atoms with Crippen molar-refractivity contribution in [3.63, 3.8) is 0 Å². The number of aliphatic hydroxyl groups excluding tert-OH is 1. The largest absolute Gasteiger partial charge is 0.494 e. The standard InChI is InChI=1S/C10H13FO3/c1-10(13,6-12)7-3-4-9(14-2)8(11)5-7/h3-5,12-13H,6H2,1-2H3. The van der Waals surface area contributed by atoms with Crippen LogP contribution in [-0.2, 0) is 5.60 Å². The third kappa shape index (κ3) is 2.02. The number of methoxy groups -OCH3 is 1. The lowest BCUT2D eigenvalue weighted by Gasteiger charge is -2.21. The molecule has 0 radical (unpaired) electrons. The molecule has 3 nitrogen and oxygen atoms in total. The first-order valence-electron chi connectivity index (χ1n) is 4.18. The minimum Gasteiger partial charge on any atom is -0.494 e. The number of hydrogen-bond donors (Lipinski definition) is 2. The first kappa shape index (κ1) is 10.9. The first-order valence-corrected chi connectivity index (χ1v) is 4.18. The number of halogens is 1. The Kier molecular flexibility index (Phi) is 3.08. The SMILES string of the molecule is COc1ccc(C(C)(O)CO)cc1F.